The lowest BCUT2D eigenvalue weighted by Crippen LogP contribution is -2.31. The summed E-state index contributed by atoms with van der Waals surface area (Å²) in [5.74, 6) is 0.750. The van der Waals surface area contributed by atoms with Gasteiger partial charge in [0.05, 0.1) is 19.9 Å². The van der Waals surface area contributed by atoms with E-state index in [2.05, 4.69) is 5.32 Å². The summed E-state index contributed by atoms with van der Waals surface area (Å²) < 4.78 is 10.4. The van der Waals surface area contributed by atoms with Gasteiger partial charge in [-0.15, -0.1) is 0 Å². The molecular weight excluding hydrogens is 356 g/mol. The lowest BCUT2D eigenvalue weighted by molar-refractivity contribution is -0.117. The lowest BCUT2D eigenvalue weighted by Gasteiger charge is -2.21. The van der Waals surface area contributed by atoms with Crippen molar-refractivity contribution >= 4 is 34.8 Å². The number of ether oxygens (including phenoxy) is 2. The minimum Gasteiger partial charge on any atom is -0.497 e. The predicted octanol–water partition coefficient (Wildman–Crippen LogP) is 3.74. The quantitative estimate of drug-likeness (QED) is 0.799. The number of amides is 2. The van der Waals surface area contributed by atoms with E-state index < -0.39 is 0 Å². The lowest BCUT2D eigenvalue weighted by atomic mass is 10.2. The summed E-state index contributed by atoms with van der Waals surface area (Å²) in [5, 5.41) is 3.37. The van der Waals surface area contributed by atoms with Crippen LogP contribution in [-0.4, -0.2) is 32.6 Å². The maximum atomic E-state index is 12.3. The standard InChI is InChI=1S/C19H21ClN2O4/c1-13(23)22(15-6-4-14(20)5-7-15)11-10-19(24)21-17-9-8-16(25-2)12-18(17)26-3/h4-9,12H,10-11H2,1-3H3,(H,21,24). The van der Waals surface area contributed by atoms with Crippen molar-refractivity contribution in [1.82, 2.24) is 0 Å². The fraction of sp³-hybridized carbons (Fsp3) is 0.263. The van der Waals surface area contributed by atoms with Gasteiger partial charge in [-0.05, 0) is 36.4 Å². The van der Waals surface area contributed by atoms with Crippen molar-refractivity contribution in [2.45, 2.75) is 13.3 Å². The molecule has 2 amide bonds. The highest BCUT2D eigenvalue weighted by Gasteiger charge is 2.15. The van der Waals surface area contributed by atoms with Gasteiger partial charge >= 0.3 is 0 Å². The number of halogens is 1. The van der Waals surface area contributed by atoms with Crippen LogP contribution in [0.4, 0.5) is 11.4 Å². The van der Waals surface area contributed by atoms with Gasteiger partial charge < -0.3 is 19.7 Å². The Balaban J connectivity index is 2.02. The summed E-state index contributed by atoms with van der Waals surface area (Å²) >= 11 is 5.88. The summed E-state index contributed by atoms with van der Waals surface area (Å²) in [7, 11) is 3.07. The van der Waals surface area contributed by atoms with Crippen LogP contribution in [-0.2, 0) is 9.59 Å². The molecule has 0 heterocycles. The van der Waals surface area contributed by atoms with Crippen LogP contribution in [0.15, 0.2) is 42.5 Å². The van der Waals surface area contributed by atoms with Crippen LogP contribution in [0.2, 0.25) is 5.02 Å². The van der Waals surface area contributed by atoms with Gasteiger partial charge in [-0.3, -0.25) is 9.59 Å². The summed E-state index contributed by atoms with van der Waals surface area (Å²) in [4.78, 5) is 25.7. The predicted molar refractivity (Wildman–Crippen MR) is 102 cm³/mol. The molecule has 0 aromatic heterocycles. The molecule has 0 saturated heterocycles. The average Bonchev–Trinajstić information content (AvgIpc) is 2.63. The molecule has 0 unspecified atom stereocenters. The summed E-state index contributed by atoms with van der Waals surface area (Å²) in [6, 6.07) is 12.0. The Kier molecular flexibility index (Phi) is 6.86. The Hall–Kier alpha value is -2.73. The fourth-order valence-electron chi connectivity index (χ4n) is 2.42. The first kappa shape index (κ1) is 19.6. The van der Waals surface area contributed by atoms with Crippen molar-refractivity contribution in [3.05, 3.63) is 47.5 Å². The zero-order valence-corrected chi connectivity index (χ0v) is 15.7. The molecule has 0 aliphatic heterocycles. The molecule has 0 atom stereocenters. The van der Waals surface area contributed by atoms with Crippen LogP contribution in [0.3, 0.4) is 0 Å². The van der Waals surface area contributed by atoms with Crippen LogP contribution in [0, 0.1) is 0 Å². The van der Waals surface area contributed by atoms with Gasteiger partial charge in [-0.1, -0.05) is 11.6 Å². The van der Waals surface area contributed by atoms with Gasteiger partial charge in [-0.25, -0.2) is 0 Å². The number of benzene rings is 2. The van der Waals surface area contributed by atoms with Gasteiger partial charge in [0.2, 0.25) is 11.8 Å². The molecule has 26 heavy (non-hydrogen) atoms. The topological polar surface area (TPSA) is 67.9 Å². The van der Waals surface area contributed by atoms with Gasteiger partial charge in [-0.2, -0.15) is 0 Å². The van der Waals surface area contributed by atoms with E-state index in [9.17, 15) is 9.59 Å². The Bertz CT molecular complexity index is 778. The maximum Gasteiger partial charge on any atom is 0.226 e. The maximum absolute atomic E-state index is 12.3. The van der Waals surface area contributed by atoms with E-state index in [0.29, 0.717) is 27.9 Å². The third-order valence-corrected chi connectivity index (χ3v) is 4.02. The molecule has 0 radical (unpaired) electrons. The highest BCUT2D eigenvalue weighted by Crippen LogP contribution is 2.29. The van der Waals surface area contributed by atoms with Gasteiger partial charge in [0.15, 0.2) is 0 Å². The van der Waals surface area contributed by atoms with Gasteiger partial charge in [0, 0.05) is 36.7 Å². The molecule has 0 saturated carbocycles. The van der Waals surface area contributed by atoms with E-state index in [4.69, 9.17) is 21.1 Å². The fourth-order valence-corrected chi connectivity index (χ4v) is 2.54. The second-order valence-corrected chi connectivity index (χ2v) is 5.95. The molecule has 0 spiro atoms. The van der Waals surface area contributed by atoms with Crippen LogP contribution >= 0.6 is 11.6 Å². The first-order valence-electron chi connectivity index (χ1n) is 8.00. The van der Waals surface area contributed by atoms with Crippen LogP contribution in [0.25, 0.3) is 0 Å². The van der Waals surface area contributed by atoms with Crippen molar-refractivity contribution in [3.63, 3.8) is 0 Å². The highest BCUT2D eigenvalue weighted by atomic mass is 35.5. The molecular formula is C19H21ClN2O4. The van der Waals surface area contributed by atoms with E-state index in [1.54, 1.807) is 49.6 Å². The number of anilines is 2. The Morgan fingerprint density at radius 2 is 1.77 bits per heavy atom. The number of methoxy groups -OCH3 is 2. The zero-order valence-electron chi connectivity index (χ0n) is 14.9. The van der Waals surface area contributed by atoms with E-state index in [1.807, 2.05) is 0 Å². The zero-order chi connectivity index (χ0) is 19.1. The number of rotatable bonds is 7. The molecule has 0 aliphatic carbocycles. The molecule has 2 aromatic carbocycles. The number of nitrogens with one attached hydrogen (secondary N) is 1. The van der Waals surface area contributed by atoms with Crippen LogP contribution in [0.5, 0.6) is 11.5 Å². The average molecular weight is 377 g/mol. The molecule has 2 rings (SSSR count). The molecule has 7 heteroatoms. The monoisotopic (exact) mass is 376 g/mol. The van der Waals surface area contributed by atoms with Crippen molar-refractivity contribution < 1.29 is 19.1 Å². The summed E-state index contributed by atoms with van der Waals surface area (Å²) in [6.45, 7) is 1.71. The van der Waals surface area contributed by atoms with Gasteiger partial charge in [0.25, 0.3) is 0 Å². The van der Waals surface area contributed by atoms with E-state index in [0.717, 1.165) is 0 Å². The van der Waals surface area contributed by atoms with E-state index >= 15 is 0 Å². The molecule has 2 aromatic rings. The summed E-state index contributed by atoms with van der Waals surface area (Å²) in [6.07, 6.45) is 0.136. The number of hydrogen-bond acceptors (Lipinski definition) is 4. The van der Waals surface area contributed by atoms with Crippen LogP contribution in [0.1, 0.15) is 13.3 Å². The number of carbonyl (C=O) groups is 2. The molecule has 0 fully saturated rings. The minimum atomic E-state index is -0.228. The Labute approximate surface area is 157 Å². The second-order valence-electron chi connectivity index (χ2n) is 5.51. The first-order valence-corrected chi connectivity index (χ1v) is 8.38. The largest absolute Gasteiger partial charge is 0.497 e. The SMILES string of the molecule is COc1ccc(NC(=O)CCN(C(C)=O)c2ccc(Cl)cc2)c(OC)c1. The normalized spacial score (nSPS) is 10.2. The Morgan fingerprint density at radius 1 is 1.08 bits per heavy atom. The smallest absolute Gasteiger partial charge is 0.226 e. The molecule has 1 N–H and O–H groups in total. The van der Waals surface area contributed by atoms with Crippen molar-refractivity contribution in [3.8, 4) is 11.5 Å². The van der Waals surface area contributed by atoms with Gasteiger partial charge in [0.1, 0.15) is 11.5 Å². The van der Waals surface area contributed by atoms with Crippen molar-refractivity contribution in [2.75, 3.05) is 31.0 Å². The van der Waals surface area contributed by atoms with E-state index in [-0.39, 0.29) is 24.8 Å². The third kappa shape index (κ3) is 5.13. The van der Waals surface area contributed by atoms with Crippen molar-refractivity contribution in [2.24, 2.45) is 0 Å². The molecule has 6 nitrogen and oxygen atoms in total. The minimum absolute atomic E-state index is 0.136. The number of hydrogen-bond donors (Lipinski definition) is 1. The van der Waals surface area contributed by atoms with E-state index in [1.165, 1.54) is 18.9 Å². The summed E-state index contributed by atoms with van der Waals surface area (Å²) in [5.41, 5.74) is 1.23. The number of carbonyl (C=O) groups excluding carboxylic acids is 2. The van der Waals surface area contributed by atoms with Crippen LogP contribution < -0.4 is 19.7 Å². The molecule has 0 bridgehead atoms. The molecule has 138 valence electrons. The second kappa shape index (κ2) is 9.10. The first-order chi connectivity index (χ1) is 12.4. The highest BCUT2D eigenvalue weighted by molar-refractivity contribution is 6.30. The van der Waals surface area contributed by atoms with Crippen molar-refractivity contribution in [1.29, 1.82) is 0 Å². The molecule has 0 aliphatic rings. The Morgan fingerprint density at radius 3 is 2.35 bits per heavy atom. The number of nitrogens with zero attached hydrogens (tertiary/aromatic N) is 1. The third-order valence-electron chi connectivity index (χ3n) is 3.76.